The van der Waals surface area contributed by atoms with Crippen LogP contribution >= 0.6 is 11.6 Å². The van der Waals surface area contributed by atoms with Crippen LogP contribution in [-0.4, -0.2) is 6.61 Å². The molecule has 2 aliphatic carbocycles. The Labute approximate surface area is 211 Å². The van der Waals surface area contributed by atoms with Crippen LogP contribution in [0.15, 0.2) is 36.4 Å². The van der Waals surface area contributed by atoms with Gasteiger partial charge in [-0.1, -0.05) is 81.3 Å². The Morgan fingerprint density at radius 3 is 2.09 bits per heavy atom. The normalized spacial score (nSPS) is 25.3. The van der Waals surface area contributed by atoms with Crippen LogP contribution in [0.5, 0.6) is 5.75 Å². The minimum atomic E-state index is -0.402. The minimum Gasteiger partial charge on any atom is -0.492 e. The highest BCUT2D eigenvalue weighted by Gasteiger charge is 2.31. The van der Waals surface area contributed by atoms with E-state index >= 15 is 0 Å². The van der Waals surface area contributed by atoms with Gasteiger partial charge in [-0.3, -0.25) is 0 Å². The Hall–Kier alpha value is -1.54. The van der Waals surface area contributed by atoms with Crippen LogP contribution in [0.1, 0.15) is 102 Å². The number of hydrogen-bond acceptors (Lipinski definition) is 1. The first kappa shape index (κ1) is 25.5. The van der Waals surface area contributed by atoms with Crippen LogP contribution in [0.4, 0.5) is 4.39 Å². The van der Waals surface area contributed by atoms with E-state index < -0.39 is 5.82 Å². The zero-order valence-electron chi connectivity index (χ0n) is 21.1. The molecule has 2 fully saturated rings. The SMILES string of the molecule is CCCCCC1CCC(C2CCC(c3ccc(-c4ccc(OCC)c(Cl)c4F)cc3)CC2)CC1. The molecule has 186 valence electrons. The molecule has 1 nitrogen and oxygen atoms in total. The first-order valence-corrected chi connectivity index (χ1v) is 14.2. The first-order chi connectivity index (χ1) is 16.6. The minimum absolute atomic E-state index is 0.0664. The molecule has 34 heavy (non-hydrogen) atoms. The fourth-order valence-electron chi connectivity index (χ4n) is 6.51. The second-order valence-electron chi connectivity index (χ2n) is 10.7. The lowest BCUT2D eigenvalue weighted by atomic mass is 9.68. The number of unbranched alkanes of at least 4 members (excludes halogenated alkanes) is 2. The third kappa shape index (κ3) is 6.17. The van der Waals surface area contributed by atoms with E-state index in [0.717, 1.165) is 23.3 Å². The Bertz CT molecular complexity index is 892. The Balaban J connectivity index is 1.29. The summed E-state index contributed by atoms with van der Waals surface area (Å²) in [5.74, 6) is 3.56. The largest absolute Gasteiger partial charge is 0.492 e. The molecule has 4 rings (SSSR count). The maximum atomic E-state index is 14.8. The molecule has 0 aromatic heterocycles. The Kier molecular flexibility index (Phi) is 9.34. The van der Waals surface area contributed by atoms with Crippen LogP contribution in [0, 0.1) is 23.6 Å². The number of rotatable bonds is 9. The number of halogens is 2. The Morgan fingerprint density at radius 2 is 1.47 bits per heavy atom. The van der Waals surface area contributed by atoms with Gasteiger partial charge < -0.3 is 4.74 Å². The van der Waals surface area contributed by atoms with Gasteiger partial charge in [-0.15, -0.1) is 0 Å². The van der Waals surface area contributed by atoms with Gasteiger partial charge in [0.15, 0.2) is 5.82 Å². The highest BCUT2D eigenvalue weighted by Crippen LogP contribution is 2.45. The van der Waals surface area contributed by atoms with Crippen molar-refractivity contribution in [2.24, 2.45) is 17.8 Å². The van der Waals surface area contributed by atoms with E-state index in [2.05, 4.69) is 31.2 Å². The second kappa shape index (κ2) is 12.4. The summed E-state index contributed by atoms with van der Waals surface area (Å²) in [5, 5.41) is 0.0664. The molecule has 0 atom stereocenters. The molecule has 3 heteroatoms. The molecule has 0 spiro atoms. The van der Waals surface area contributed by atoms with Crippen molar-refractivity contribution in [3.8, 4) is 16.9 Å². The fraction of sp³-hybridized carbons (Fsp3) is 0.613. The van der Waals surface area contributed by atoms with Gasteiger partial charge in [-0.25, -0.2) is 4.39 Å². The number of ether oxygens (including phenoxy) is 1. The molecule has 0 unspecified atom stereocenters. The van der Waals surface area contributed by atoms with Gasteiger partial charge in [-0.2, -0.15) is 0 Å². The molecule has 2 saturated carbocycles. The van der Waals surface area contributed by atoms with Gasteiger partial charge in [0.05, 0.1) is 6.61 Å². The van der Waals surface area contributed by atoms with Crippen LogP contribution in [0.25, 0.3) is 11.1 Å². The molecule has 0 saturated heterocycles. The summed E-state index contributed by atoms with van der Waals surface area (Å²) in [4.78, 5) is 0. The van der Waals surface area contributed by atoms with Crippen molar-refractivity contribution in [3.05, 3.63) is 52.8 Å². The zero-order chi connectivity index (χ0) is 23.9. The van der Waals surface area contributed by atoms with Gasteiger partial charge in [0, 0.05) is 5.56 Å². The summed E-state index contributed by atoms with van der Waals surface area (Å²) in [6.45, 7) is 4.64. The summed E-state index contributed by atoms with van der Waals surface area (Å²) < 4.78 is 20.2. The van der Waals surface area contributed by atoms with Crippen LogP contribution in [-0.2, 0) is 0 Å². The first-order valence-electron chi connectivity index (χ1n) is 13.8. The van der Waals surface area contributed by atoms with Crippen molar-refractivity contribution < 1.29 is 9.13 Å². The van der Waals surface area contributed by atoms with Gasteiger partial charge in [0.1, 0.15) is 10.8 Å². The predicted octanol–water partition coefficient (Wildman–Crippen LogP) is 10.2. The third-order valence-corrected chi connectivity index (χ3v) is 8.94. The highest BCUT2D eigenvalue weighted by molar-refractivity contribution is 6.32. The van der Waals surface area contributed by atoms with E-state index in [-0.39, 0.29) is 5.02 Å². The summed E-state index contributed by atoms with van der Waals surface area (Å²) in [6, 6.07) is 12.0. The van der Waals surface area contributed by atoms with Crippen molar-refractivity contribution in [1.82, 2.24) is 0 Å². The monoisotopic (exact) mass is 484 g/mol. The molecule has 0 heterocycles. The van der Waals surface area contributed by atoms with Crippen LogP contribution in [0.3, 0.4) is 0 Å². The van der Waals surface area contributed by atoms with E-state index in [0.29, 0.717) is 23.8 Å². The molecular weight excluding hydrogens is 443 g/mol. The average molecular weight is 485 g/mol. The standard InChI is InChI=1S/C31H42ClFO/c1-3-5-6-7-22-8-10-23(11-9-22)24-12-14-25(15-13-24)26-16-18-27(19-17-26)28-20-21-29(34-4-2)30(32)31(28)33/h16-25H,3-15H2,1-2H3. The highest BCUT2D eigenvalue weighted by atomic mass is 35.5. The van der Waals surface area contributed by atoms with Gasteiger partial charge in [0.2, 0.25) is 0 Å². The fourth-order valence-corrected chi connectivity index (χ4v) is 6.73. The number of hydrogen-bond donors (Lipinski definition) is 0. The maximum Gasteiger partial charge on any atom is 0.153 e. The molecule has 0 N–H and O–H groups in total. The maximum absolute atomic E-state index is 14.8. The molecule has 2 aromatic carbocycles. The molecule has 0 aliphatic heterocycles. The Morgan fingerprint density at radius 1 is 0.824 bits per heavy atom. The summed E-state index contributed by atoms with van der Waals surface area (Å²) in [7, 11) is 0. The van der Waals surface area contributed by atoms with Gasteiger partial charge in [0.25, 0.3) is 0 Å². The van der Waals surface area contributed by atoms with Crippen molar-refractivity contribution in [2.75, 3.05) is 6.61 Å². The second-order valence-corrected chi connectivity index (χ2v) is 11.1. The lowest BCUT2D eigenvalue weighted by Crippen LogP contribution is -2.25. The molecule has 0 bridgehead atoms. The van der Waals surface area contributed by atoms with Crippen molar-refractivity contribution in [3.63, 3.8) is 0 Å². The average Bonchev–Trinajstić information content (AvgIpc) is 2.88. The molecule has 2 aliphatic rings. The van der Waals surface area contributed by atoms with E-state index in [1.54, 1.807) is 12.1 Å². The van der Waals surface area contributed by atoms with Crippen molar-refractivity contribution in [2.45, 2.75) is 96.8 Å². The summed E-state index contributed by atoms with van der Waals surface area (Å²) in [6.07, 6.45) is 16.9. The zero-order valence-corrected chi connectivity index (χ0v) is 21.9. The summed E-state index contributed by atoms with van der Waals surface area (Å²) >= 11 is 6.19. The van der Waals surface area contributed by atoms with Crippen molar-refractivity contribution in [1.29, 1.82) is 0 Å². The van der Waals surface area contributed by atoms with E-state index in [9.17, 15) is 4.39 Å². The lowest BCUT2D eigenvalue weighted by Gasteiger charge is -2.38. The van der Waals surface area contributed by atoms with Crippen LogP contribution < -0.4 is 4.74 Å². The van der Waals surface area contributed by atoms with Crippen LogP contribution in [0.2, 0.25) is 5.02 Å². The summed E-state index contributed by atoms with van der Waals surface area (Å²) in [5.41, 5.74) is 2.81. The quantitative estimate of drug-likeness (QED) is 0.321. The van der Waals surface area contributed by atoms with E-state index in [1.165, 1.54) is 82.6 Å². The van der Waals surface area contributed by atoms with E-state index in [4.69, 9.17) is 16.3 Å². The third-order valence-electron chi connectivity index (χ3n) is 8.59. The van der Waals surface area contributed by atoms with E-state index in [1.807, 2.05) is 6.92 Å². The van der Waals surface area contributed by atoms with Gasteiger partial charge >= 0.3 is 0 Å². The smallest absolute Gasteiger partial charge is 0.153 e. The molecule has 2 aromatic rings. The predicted molar refractivity (Wildman–Crippen MR) is 142 cm³/mol. The molecule has 0 radical (unpaired) electrons. The van der Waals surface area contributed by atoms with Gasteiger partial charge in [-0.05, 0) is 92.4 Å². The topological polar surface area (TPSA) is 9.23 Å². The molecule has 0 amide bonds. The number of benzene rings is 2. The lowest BCUT2D eigenvalue weighted by molar-refractivity contribution is 0.155. The molecular formula is C31H42ClFO. The van der Waals surface area contributed by atoms with Crippen molar-refractivity contribution >= 4 is 11.6 Å².